The van der Waals surface area contributed by atoms with Crippen LogP contribution in [0.4, 0.5) is 0 Å². The molecule has 6 heteroatoms. The molecule has 2 rings (SSSR count). The Morgan fingerprint density at radius 2 is 1.38 bits per heavy atom. The molecule has 114 valence electrons. The van der Waals surface area contributed by atoms with Crippen LogP contribution in [-0.2, 0) is 10.1 Å². The van der Waals surface area contributed by atoms with Crippen LogP contribution in [0.2, 0.25) is 0 Å². The Kier molecular flexibility index (Phi) is 5.46. The fourth-order valence-corrected chi connectivity index (χ4v) is 2.98. The van der Waals surface area contributed by atoms with Crippen molar-refractivity contribution in [3.05, 3.63) is 58.9 Å². The van der Waals surface area contributed by atoms with Crippen molar-refractivity contribution in [3.63, 3.8) is 0 Å². The number of aromatic nitrogens is 1. The average Bonchev–Trinajstić information content (AvgIpc) is 2.30. The first kappa shape index (κ1) is 17.1. The Labute approximate surface area is 125 Å². The monoisotopic (exact) mass is 308 g/mol. The fourth-order valence-electron chi connectivity index (χ4n) is 2.07. The first-order chi connectivity index (χ1) is 9.61. The van der Waals surface area contributed by atoms with E-state index in [9.17, 15) is 13.0 Å². The summed E-state index contributed by atoms with van der Waals surface area (Å²) < 4.78 is 34.0. The summed E-state index contributed by atoms with van der Waals surface area (Å²) in [6.07, 6.45) is 3.63. The van der Waals surface area contributed by atoms with Crippen LogP contribution in [0.1, 0.15) is 22.3 Å². The van der Waals surface area contributed by atoms with Crippen molar-refractivity contribution in [1.29, 1.82) is 0 Å². The predicted octanol–water partition coefficient (Wildman–Crippen LogP) is 1.51. The van der Waals surface area contributed by atoms with Crippen molar-refractivity contribution in [2.75, 3.05) is 5.84 Å². The third-order valence-electron chi connectivity index (χ3n) is 2.87. The number of hydrogen-bond acceptors (Lipinski definition) is 4. The van der Waals surface area contributed by atoms with Crippen LogP contribution in [0.15, 0.2) is 41.6 Å². The molecule has 2 N–H and O–H groups in total. The minimum atomic E-state index is -4.33. The minimum absolute atomic E-state index is 0.0851. The van der Waals surface area contributed by atoms with E-state index in [1.165, 1.54) is 10.2 Å². The van der Waals surface area contributed by atoms with Gasteiger partial charge in [-0.1, -0.05) is 22.4 Å². The molecule has 0 unspecified atom stereocenters. The summed E-state index contributed by atoms with van der Waals surface area (Å²) in [5.41, 5.74) is 3.23. The number of nitrogen functional groups attached to an aromatic ring is 1. The molecule has 0 aliphatic rings. The third-order valence-corrected chi connectivity index (χ3v) is 4.02. The lowest BCUT2D eigenvalue weighted by molar-refractivity contribution is -0.639. The van der Waals surface area contributed by atoms with Crippen molar-refractivity contribution >= 4 is 10.1 Å². The van der Waals surface area contributed by atoms with Gasteiger partial charge in [0.05, 0.1) is 4.90 Å². The zero-order valence-corrected chi connectivity index (χ0v) is 13.4. The number of rotatable bonds is 1. The molecule has 0 aliphatic heterocycles. The van der Waals surface area contributed by atoms with Gasteiger partial charge in [0, 0.05) is 12.1 Å². The summed E-state index contributed by atoms with van der Waals surface area (Å²) in [5, 5.41) is 0. The van der Waals surface area contributed by atoms with Crippen molar-refractivity contribution < 1.29 is 17.6 Å². The van der Waals surface area contributed by atoms with E-state index in [-0.39, 0.29) is 4.90 Å². The van der Waals surface area contributed by atoms with Gasteiger partial charge in [0.25, 0.3) is 0 Å². The highest BCUT2D eigenvalue weighted by molar-refractivity contribution is 7.85. The smallest absolute Gasteiger partial charge is 0.199 e. The molecule has 0 fully saturated rings. The Bertz CT molecular complexity index is 679. The normalized spacial score (nSPS) is 10.7. The lowest BCUT2D eigenvalue weighted by Gasteiger charge is -2.14. The minimum Gasteiger partial charge on any atom is -0.744 e. The molecule has 0 bridgehead atoms. The van der Waals surface area contributed by atoms with E-state index in [0.29, 0.717) is 11.1 Å². The van der Waals surface area contributed by atoms with Gasteiger partial charge in [-0.05, 0) is 44.4 Å². The maximum absolute atomic E-state index is 10.8. The molecule has 1 heterocycles. The Hall–Kier alpha value is -1.92. The number of pyridine rings is 1. The molecule has 0 aliphatic carbocycles. The molecule has 0 saturated carbocycles. The van der Waals surface area contributed by atoms with Crippen molar-refractivity contribution in [1.82, 2.24) is 0 Å². The first-order valence-corrected chi connectivity index (χ1v) is 7.79. The van der Waals surface area contributed by atoms with E-state index in [1.54, 1.807) is 26.0 Å². The van der Waals surface area contributed by atoms with Crippen molar-refractivity contribution in [3.8, 4) is 0 Å². The van der Waals surface area contributed by atoms with Gasteiger partial charge in [-0.2, -0.15) is 0 Å². The second kappa shape index (κ2) is 6.69. The Morgan fingerprint density at radius 1 is 0.952 bits per heavy atom. The van der Waals surface area contributed by atoms with Gasteiger partial charge in [0.1, 0.15) is 10.1 Å². The largest absolute Gasteiger partial charge is 0.744 e. The summed E-state index contributed by atoms with van der Waals surface area (Å²) in [6, 6.07) is 7.30. The summed E-state index contributed by atoms with van der Waals surface area (Å²) >= 11 is 0. The maximum Gasteiger partial charge on any atom is 0.199 e. The molecule has 0 radical (unpaired) electrons. The average molecular weight is 308 g/mol. The van der Waals surface area contributed by atoms with Crippen LogP contribution in [0.3, 0.4) is 0 Å². The molecule has 1 aromatic heterocycles. The molecule has 1 aromatic carbocycles. The summed E-state index contributed by atoms with van der Waals surface area (Å²) in [6.45, 7) is 7.15. The standard InChI is InChI=1S/C9H12O3S.C6H9N2/c1-6-4-7(2)9(8(3)5-6)13(10,11)12;1-6-2-4-8(7)5-3-6/h4-5H,1-3H3,(H,10,11,12);2-5H,7H2,1H3/q;+1/p-1. The molecule has 2 aromatic rings. The van der Waals surface area contributed by atoms with Crippen molar-refractivity contribution in [2.45, 2.75) is 32.6 Å². The van der Waals surface area contributed by atoms with Gasteiger partial charge in [0.15, 0.2) is 12.4 Å². The highest BCUT2D eigenvalue weighted by Gasteiger charge is 2.09. The topological polar surface area (TPSA) is 87.1 Å². The van der Waals surface area contributed by atoms with Crippen LogP contribution < -0.4 is 10.5 Å². The zero-order chi connectivity index (χ0) is 16.2. The number of hydrogen-bond donors (Lipinski definition) is 1. The van der Waals surface area contributed by atoms with Crippen LogP contribution in [0.25, 0.3) is 0 Å². The fraction of sp³-hybridized carbons (Fsp3) is 0.267. The second-order valence-corrected chi connectivity index (χ2v) is 6.32. The van der Waals surface area contributed by atoms with E-state index < -0.39 is 10.1 Å². The first-order valence-electron chi connectivity index (χ1n) is 6.38. The highest BCUT2D eigenvalue weighted by Crippen LogP contribution is 2.20. The molecule has 5 nitrogen and oxygen atoms in total. The zero-order valence-electron chi connectivity index (χ0n) is 12.6. The van der Waals surface area contributed by atoms with E-state index in [2.05, 4.69) is 0 Å². The molecule has 0 saturated heterocycles. The maximum atomic E-state index is 10.8. The Balaban J connectivity index is 0.000000235. The molecule has 0 spiro atoms. The lowest BCUT2D eigenvalue weighted by atomic mass is 10.1. The summed E-state index contributed by atoms with van der Waals surface area (Å²) in [7, 11) is -4.33. The van der Waals surface area contributed by atoms with Gasteiger partial charge < -0.3 is 4.55 Å². The van der Waals surface area contributed by atoms with Gasteiger partial charge in [-0.15, -0.1) is 0 Å². The number of benzene rings is 1. The number of nitrogens with zero attached hydrogens (tertiary/aromatic N) is 1. The number of aryl methyl sites for hydroxylation is 4. The molecular weight excluding hydrogens is 288 g/mol. The van der Waals surface area contributed by atoms with Crippen molar-refractivity contribution in [2.24, 2.45) is 0 Å². The molecule has 0 amide bonds. The van der Waals surface area contributed by atoms with E-state index in [0.717, 1.165) is 5.56 Å². The quantitative estimate of drug-likeness (QED) is 0.491. The SMILES string of the molecule is Cc1cc(C)c(S(=O)(=O)[O-])c(C)c1.Cc1cc[n+](N)cc1. The summed E-state index contributed by atoms with van der Waals surface area (Å²) in [4.78, 5) is -0.0851. The number of nitrogens with two attached hydrogens (primary N) is 1. The predicted molar refractivity (Wildman–Crippen MR) is 80.1 cm³/mol. The van der Waals surface area contributed by atoms with Gasteiger partial charge >= 0.3 is 0 Å². The second-order valence-electron chi connectivity index (χ2n) is 5.00. The molecule has 0 atom stereocenters. The molecular formula is C15H20N2O3S. The lowest BCUT2D eigenvalue weighted by Crippen LogP contribution is -2.43. The van der Waals surface area contributed by atoms with E-state index in [4.69, 9.17) is 5.84 Å². The van der Waals surface area contributed by atoms with Crippen LogP contribution >= 0.6 is 0 Å². The van der Waals surface area contributed by atoms with Crippen LogP contribution in [0, 0.1) is 27.7 Å². The van der Waals surface area contributed by atoms with E-state index >= 15 is 0 Å². The molecule has 21 heavy (non-hydrogen) atoms. The highest BCUT2D eigenvalue weighted by atomic mass is 32.2. The van der Waals surface area contributed by atoms with Gasteiger partial charge in [-0.3, -0.25) is 0 Å². The van der Waals surface area contributed by atoms with Gasteiger partial charge in [0.2, 0.25) is 0 Å². The van der Waals surface area contributed by atoms with Crippen LogP contribution in [-0.4, -0.2) is 13.0 Å². The third kappa shape index (κ3) is 5.17. The van der Waals surface area contributed by atoms with E-state index in [1.807, 2.05) is 38.4 Å². The van der Waals surface area contributed by atoms with Gasteiger partial charge in [-0.25, -0.2) is 14.3 Å². The summed E-state index contributed by atoms with van der Waals surface area (Å²) in [5.74, 6) is 5.34. The Morgan fingerprint density at radius 3 is 1.71 bits per heavy atom. The van der Waals surface area contributed by atoms with Crippen LogP contribution in [0.5, 0.6) is 0 Å².